The summed E-state index contributed by atoms with van der Waals surface area (Å²) in [6, 6.07) is -0.0240. The molecule has 0 aliphatic heterocycles. The van der Waals surface area contributed by atoms with Crippen molar-refractivity contribution < 1.29 is 9.53 Å². The van der Waals surface area contributed by atoms with Crippen molar-refractivity contribution in [2.75, 3.05) is 6.07 Å². The Morgan fingerprint density at radius 3 is 1.95 bits per heavy atom. The molecule has 0 atom stereocenters. The van der Waals surface area contributed by atoms with Gasteiger partial charge in [-0.25, -0.2) is 0 Å². The summed E-state index contributed by atoms with van der Waals surface area (Å²) in [6.45, 7) is 2.26. The molecule has 0 rings (SSSR count). The van der Waals surface area contributed by atoms with Crippen LogP contribution in [-0.4, -0.2) is 12.0 Å². The number of esters is 1. The number of ether oxygens (including phenoxy) is 1. The lowest BCUT2D eigenvalue weighted by atomic mass is 10.1. The Bertz CT molecular complexity index is 252. The monoisotopic (exact) mass is 316 g/mol. The van der Waals surface area contributed by atoms with Crippen LogP contribution >= 0.6 is 11.6 Å². The summed E-state index contributed by atoms with van der Waals surface area (Å²) in [5.74, 6) is -0.174. The van der Waals surface area contributed by atoms with Gasteiger partial charge in [0.1, 0.15) is 0 Å². The molecule has 21 heavy (non-hydrogen) atoms. The molecule has 0 aromatic carbocycles. The van der Waals surface area contributed by atoms with Crippen LogP contribution in [0.3, 0.4) is 0 Å². The van der Waals surface area contributed by atoms with Gasteiger partial charge in [0.2, 0.25) is 0 Å². The van der Waals surface area contributed by atoms with Gasteiger partial charge < -0.3 is 4.74 Å². The smallest absolute Gasteiger partial charge is 0.306 e. The van der Waals surface area contributed by atoms with E-state index in [1.807, 2.05) is 0 Å². The fraction of sp³-hybridized carbons (Fsp3) is 0.833. The van der Waals surface area contributed by atoms with Crippen molar-refractivity contribution in [2.45, 2.75) is 90.4 Å². The van der Waals surface area contributed by atoms with Crippen LogP contribution in [0.1, 0.15) is 90.4 Å². The van der Waals surface area contributed by atoms with Gasteiger partial charge in [0.05, 0.1) is 0 Å². The Hall–Kier alpha value is -0.500. The van der Waals surface area contributed by atoms with Crippen LogP contribution in [0.2, 0.25) is 0 Å². The van der Waals surface area contributed by atoms with Crippen LogP contribution < -0.4 is 0 Å². The van der Waals surface area contributed by atoms with Crippen LogP contribution in [0.15, 0.2) is 12.2 Å². The molecule has 124 valence electrons. The highest BCUT2D eigenvalue weighted by atomic mass is 35.5. The lowest BCUT2D eigenvalue weighted by Crippen LogP contribution is -2.01. The van der Waals surface area contributed by atoms with Gasteiger partial charge in [0, 0.05) is 6.42 Å². The second kappa shape index (κ2) is 17.6. The number of carbonyl (C=O) groups is 1. The van der Waals surface area contributed by atoms with Gasteiger partial charge in [0.25, 0.3) is 0 Å². The first-order chi connectivity index (χ1) is 10.3. The molecule has 2 nitrogen and oxygen atoms in total. The van der Waals surface area contributed by atoms with Gasteiger partial charge in [-0.1, -0.05) is 75.6 Å². The standard InChI is InChI=1S/C18H33ClO2/c1-2-3-4-5-6-7-8-9-10-11-12-13-14-15-16-18(20)21-17-19/h8-9H,2-7,10-17H2,1H3/b9-8+. The molecule has 3 heteroatoms. The summed E-state index contributed by atoms with van der Waals surface area (Å²) in [7, 11) is 0. The van der Waals surface area contributed by atoms with Gasteiger partial charge in [-0.15, -0.1) is 0 Å². The van der Waals surface area contributed by atoms with Crippen molar-refractivity contribution >= 4 is 17.6 Å². The van der Waals surface area contributed by atoms with E-state index in [2.05, 4.69) is 23.8 Å². The normalized spacial score (nSPS) is 11.1. The molecule has 0 aromatic rings. The number of halogens is 1. The summed E-state index contributed by atoms with van der Waals surface area (Å²) in [4.78, 5) is 11.0. The Kier molecular flexibility index (Phi) is 17.1. The zero-order valence-corrected chi connectivity index (χ0v) is 14.5. The number of carbonyl (C=O) groups excluding carboxylic acids is 1. The van der Waals surface area contributed by atoms with E-state index in [1.165, 1.54) is 64.2 Å². The van der Waals surface area contributed by atoms with Crippen molar-refractivity contribution in [2.24, 2.45) is 0 Å². The molecule has 0 bridgehead atoms. The third-order valence-electron chi connectivity index (χ3n) is 3.61. The molecule has 0 fully saturated rings. The van der Waals surface area contributed by atoms with Gasteiger partial charge in [-0.2, -0.15) is 0 Å². The molecule has 0 saturated heterocycles. The van der Waals surface area contributed by atoms with Crippen molar-refractivity contribution in [3.8, 4) is 0 Å². The van der Waals surface area contributed by atoms with Crippen LogP contribution in [0, 0.1) is 0 Å². The minimum atomic E-state index is -0.174. The second-order valence-corrected chi connectivity index (χ2v) is 5.82. The van der Waals surface area contributed by atoms with Gasteiger partial charge in [-0.3, -0.25) is 4.79 Å². The second-order valence-electron chi connectivity index (χ2n) is 5.61. The Balaban J connectivity index is 3.12. The Morgan fingerprint density at radius 2 is 1.38 bits per heavy atom. The third kappa shape index (κ3) is 17.4. The highest BCUT2D eigenvalue weighted by Crippen LogP contribution is 2.09. The van der Waals surface area contributed by atoms with E-state index in [1.54, 1.807) is 0 Å². The fourth-order valence-corrected chi connectivity index (χ4v) is 2.42. The molecule has 0 aromatic heterocycles. The Labute approximate surface area is 136 Å². The Morgan fingerprint density at radius 1 is 0.857 bits per heavy atom. The topological polar surface area (TPSA) is 26.3 Å². The van der Waals surface area contributed by atoms with E-state index < -0.39 is 0 Å². The van der Waals surface area contributed by atoms with Gasteiger partial charge >= 0.3 is 5.97 Å². The third-order valence-corrected chi connectivity index (χ3v) is 3.72. The first-order valence-corrected chi connectivity index (χ1v) is 9.21. The minimum absolute atomic E-state index is 0.0240. The van der Waals surface area contributed by atoms with Crippen LogP contribution in [0.25, 0.3) is 0 Å². The summed E-state index contributed by atoms with van der Waals surface area (Å²) in [6.07, 6.45) is 20.2. The molecule has 0 heterocycles. The van der Waals surface area contributed by atoms with Crippen LogP contribution in [0.5, 0.6) is 0 Å². The largest absolute Gasteiger partial charge is 0.449 e. The SMILES string of the molecule is CCCCCCC/C=C/CCCCCCCC(=O)OCCl. The molecule has 0 unspecified atom stereocenters. The predicted octanol–water partition coefficient (Wildman–Crippen LogP) is 6.37. The summed E-state index contributed by atoms with van der Waals surface area (Å²) < 4.78 is 4.67. The van der Waals surface area contributed by atoms with Gasteiger partial charge in [-0.05, 0) is 32.1 Å². The molecule has 0 saturated carbocycles. The quantitative estimate of drug-likeness (QED) is 0.152. The molecule has 0 amide bonds. The van der Waals surface area contributed by atoms with Crippen molar-refractivity contribution in [3.63, 3.8) is 0 Å². The minimum Gasteiger partial charge on any atom is -0.449 e. The van der Waals surface area contributed by atoms with E-state index in [9.17, 15) is 4.79 Å². The van der Waals surface area contributed by atoms with Crippen LogP contribution in [-0.2, 0) is 9.53 Å². The number of rotatable bonds is 15. The summed E-state index contributed by atoms with van der Waals surface area (Å²) in [5, 5.41) is 0. The fourth-order valence-electron chi connectivity index (χ4n) is 2.30. The van der Waals surface area contributed by atoms with Gasteiger partial charge in [0.15, 0.2) is 6.07 Å². The first kappa shape index (κ1) is 20.5. The zero-order chi connectivity index (χ0) is 15.6. The number of unbranched alkanes of at least 4 members (excludes halogenated alkanes) is 10. The molecule has 0 spiro atoms. The molecule has 0 aliphatic rings. The maximum Gasteiger partial charge on any atom is 0.306 e. The molecular formula is C18H33ClO2. The highest BCUT2D eigenvalue weighted by Gasteiger charge is 2.00. The molecule has 0 N–H and O–H groups in total. The van der Waals surface area contributed by atoms with E-state index in [0.717, 1.165) is 12.8 Å². The molecule has 0 radical (unpaired) electrons. The number of allylic oxidation sites excluding steroid dienone is 2. The average Bonchev–Trinajstić information content (AvgIpc) is 2.48. The summed E-state index contributed by atoms with van der Waals surface area (Å²) >= 11 is 5.31. The van der Waals surface area contributed by atoms with Crippen molar-refractivity contribution in [1.82, 2.24) is 0 Å². The van der Waals surface area contributed by atoms with Crippen molar-refractivity contribution in [3.05, 3.63) is 12.2 Å². The van der Waals surface area contributed by atoms with Crippen molar-refractivity contribution in [1.29, 1.82) is 0 Å². The van der Waals surface area contributed by atoms with E-state index in [0.29, 0.717) is 6.42 Å². The number of hydrogen-bond donors (Lipinski definition) is 0. The maximum absolute atomic E-state index is 11.0. The van der Waals surface area contributed by atoms with E-state index in [4.69, 9.17) is 11.6 Å². The lowest BCUT2D eigenvalue weighted by molar-refractivity contribution is -0.141. The summed E-state index contributed by atoms with van der Waals surface area (Å²) in [5.41, 5.74) is 0. The number of alkyl halides is 1. The van der Waals surface area contributed by atoms with E-state index >= 15 is 0 Å². The highest BCUT2D eigenvalue weighted by molar-refractivity contribution is 6.17. The molecular weight excluding hydrogens is 284 g/mol. The maximum atomic E-state index is 11.0. The lowest BCUT2D eigenvalue weighted by Gasteiger charge is -2.01. The predicted molar refractivity (Wildman–Crippen MR) is 91.6 cm³/mol. The van der Waals surface area contributed by atoms with Crippen LogP contribution in [0.4, 0.5) is 0 Å². The number of hydrogen-bond acceptors (Lipinski definition) is 2. The average molecular weight is 317 g/mol. The first-order valence-electron chi connectivity index (χ1n) is 8.67. The van der Waals surface area contributed by atoms with E-state index in [-0.39, 0.29) is 12.0 Å². The zero-order valence-electron chi connectivity index (χ0n) is 13.7. The molecule has 0 aliphatic carbocycles.